The van der Waals surface area contributed by atoms with Crippen molar-refractivity contribution in [1.29, 1.82) is 0 Å². The lowest BCUT2D eigenvalue weighted by atomic mass is 10.1. The van der Waals surface area contributed by atoms with Crippen molar-refractivity contribution in [3.05, 3.63) is 65.6 Å². The Balaban J connectivity index is 1.02. The van der Waals surface area contributed by atoms with E-state index in [4.69, 9.17) is 0 Å². The maximum atomic E-state index is 12.7. The number of unbranched alkanes of at least 4 members (excludes halogenated alkanes) is 4. The third-order valence-electron chi connectivity index (χ3n) is 7.66. The number of carbonyl (C=O) groups excluding carboxylic acids is 1. The zero-order valence-electron chi connectivity index (χ0n) is 20.9. The lowest BCUT2D eigenvalue weighted by Gasteiger charge is -2.34. The summed E-state index contributed by atoms with van der Waals surface area (Å²) in [5.74, 6) is 0.102. The summed E-state index contributed by atoms with van der Waals surface area (Å²) in [6.45, 7) is 8.76. The molecule has 6 nitrogen and oxygen atoms in total. The van der Waals surface area contributed by atoms with Gasteiger partial charge in [0.05, 0.1) is 5.56 Å². The first-order chi connectivity index (χ1) is 17.3. The predicted octanol–water partition coefficient (Wildman–Crippen LogP) is 4.48. The van der Waals surface area contributed by atoms with Gasteiger partial charge >= 0.3 is 0 Å². The third kappa shape index (κ3) is 5.93. The number of nitrogens with one attached hydrogen (secondary N) is 1. The van der Waals surface area contributed by atoms with E-state index in [1.54, 1.807) is 0 Å². The molecule has 1 N–H and O–H groups in total. The van der Waals surface area contributed by atoms with Crippen LogP contribution >= 0.6 is 0 Å². The molecule has 3 aromatic rings. The fourth-order valence-electron chi connectivity index (χ4n) is 5.72. The molecule has 1 aromatic carbocycles. The van der Waals surface area contributed by atoms with Gasteiger partial charge in [-0.25, -0.2) is 0 Å². The SMILES string of the molecule is O=C1NCCCc2c1c1ccccc1n2CCCCCCCN1CCN(Cc2ccncc2)CC1. The summed E-state index contributed by atoms with van der Waals surface area (Å²) in [5.41, 5.74) is 4.74. The van der Waals surface area contributed by atoms with Gasteiger partial charge in [0.1, 0.15) is 0 Å². The van der Waals surface area contributed by atoms with Gasteiger partial charge in [-0.3, -0.25) is 14.7 Å². The molecule has 2 aromatic heterocycles. The molecule has 1 fully saturated rings. The van der Waals surface area contributed by atoms with Crippen LogP contribution in [0.3, 0.4) is 0 Å². The topological polar surface area (TPSA) is 53.4 Å². The Labute approximate surface area is 209 Å². The van der Waals surface area contributed by atoms with Crippen molar-refractivity contribution in [1.82, 2.24) is 24.7 Å². The fraction of sp³-hybridized carbons (Fsp3) is 0.517. The Bertz CT molecular complexity index is 1100. The molecule has 0 saturated carbocycles. The molecule has 0 bridgehead atoms. The van der Waals surface area contributed by atoms with Gasteiger partial charge in [0, 0.05) is 74.8 Å². The summed E-state index contributed by atoms with van der Waals surface area (Å²) in [6, 6.07) is 12.7. The van der Waals surface area contributed by atoms with Crippen molar-refractivity contribution in [2.75, 3.05) is 39.3 Å². The van der Waals surface area contributed by atoms with Crippen LogP contribution in [0.5, 0.6) is 0 Å². The predicted molar refractivity (Wildman–Crippen MR) is 142 cm³/mol. The van der Waals surface area contributed by atoms with Crippen molar-refractivity contribution >= 4 is 16.8 Å². The van der Waals surface area contributed by atoms with Crippen molar-refractivity contribution in [2.24, 2.45) is 0 Å². The Morgan fingerprint density at radius 1 is 0.829 bits per heavy atom. The number of hydrogen-bond acceptors (Lipinski definition) is 4. The molecule has 2 aliphatic heterocycles. The molecule has 0 unspecified atom stereocenters. The minimum absolute atomic E-state index is 0.102. The molecule has 0 spiro atoms. The highest BCUT2D eigenvalue weighted by atomic mass is 16.1. The van der Waals surface area contributed by atoms with Crippen molar-refractivity contribution in [3.8, 4) is 0 Å². The number of piperazine rings is 1. The molecule has 4 heterocycles. The highest BCUT2D eigenvalue weighted by Gasteiger charge is 2.23. The number of hydrogen-bond donors (Lipinski definition) is 1. The number of carbonyl (C=O) groups is 1. The molecule has 0 atom stereocenters. The largest absolute Gasteiger partial charge is 0.352 e. The average molecular weight is 474 g/mol. The number of para-hydroxylation sites is 1. The van der Waals surface area contributed by atoms with Gasteiger partial charge in [0.25, 0.3) is 5.91 Å². The Morgan fingerprint density at radius 2 is 1.54 bits per heavy atom. The van der Waals surface area contributed by atoms with E-state index in [9.17, 15) is 4.79 Å². The molecule has 1 amide bonds. The van der Waals surface area contributed by atoms with Crippen LogP contribution in [0.1, 0.15) is 60.1 Å². The number of nitrogens with zero attached hydrogens (tertiary/aromatic N) is 4. The van der Waals surface area contributed by atoms with Gasteiger partial charge in [-0.05, 0) is 56.0 Å². The number of amides is 1. The van der Waals surface area contributed by atoms with Crippen LogP contribution in [0.4, 0.5) is 0 Å². The first-order valence-electron chi connectivity index (χ1n) is 13.5. The van der Waals surface area contributed by atoms with Crippen LogP contribution in [-0.4, -0.2) is 64.5 Å². The smallest absolute Gasteiger partial charge is 0.253 e. The molecule has 0 aliphatic carbocycles. The lowest BCUT2D eigenvalue weighted by Crippen LogP contribution is -2.46. The third-order valence-corrected chi connectivity index (χ3v) is 7.66. The first kappa shape index (κ1) is 24.0. The van der Waals surface area contributed by atoms with Gasteiger partial charge < -0.3 is 14.8 Å². The van der Waals surface area contributed by atoms with E-state index >= 15 is 0 Å². The van der Waals surface area contributed by atoms with E-state index < -0.39 is 0 Å². The maximum absolute atomic E-state index is 12.7. The van der Waals surface area contributed by atoms with Crippen LogP contribution in [0.15, 0.2) is 48.8 Å². The lowest BCUT2D eigenvalue weighted by molar-refractivity contribution is 0.0957. The molecular formula is C29H39N5O. The normalized spacial score (nSPS) is 17.3. The zero-order valence-corrected chi connectivity index (χ0v) is 20.9. The molecule has 6 heteroatoms. The van der Waals surface area contributed by atoms with Gasteiger partial charge in [-0.2, -0.15) is 0 Å². The van der Waals surface area contributed by atoms with E-state index in [-0.39, 0.29) is 5.91 Å². The fourth-order valence-corrected chi connectivity index (χ4v) is 5.72. The zero-order chi connectivity index (χ0) is 23.9. The van der Waals surface area contributed by atoms with Crippen LogP contribution in [0.25, 0.3) is 10.9 Å². The van der Waals surface area contributed by atoms with E-state index in [2.05, 4.69) is 55.0 Å². The van der Waals surface area contributed by atoms with E-state index in [1.807, 2.05) is 18.5 Å². The Morgan fingerprint density at radius 3 is 2.37 bits per heavy atom. The summed E-state index contributed by atoms with van der Waals surface area (Å²) in [7, 11) is 0. The number of fused-ring (bicyclic) bond motifs is 3. The standard InChI is InChI=1S/C29H39N5O/c35-29-28-25-9-4-5-10-26(25)34(27(28)11-8-14-31-29)18-7-3-1-2-6-17-32-19-21-33(22-20-32)23-24-12-15-30-16-13-24/h4-5,9-10,12-13,15-16H,1-3,6-8,11,14,17-23H2,(H,31,35). The molecule has 186 valence electrons. The molecule has 1 saturated heterocycles. The van der Waals surface area contributed by atoms with Crippen LogP contribution in [0.2, 0.25) is 0 Å². The average Bonchev–Trinajstić information content (AvgIpc) is 3.07. The van der Waals surface area contributed by atoms with E-state index in [1.165, 1.54) is 68.5 Å². The number of rotatable bonds is 10. The number of aryl methyl sites for hydroxylation is 1. The number of aromatic nitrogens is 2. The van der Waals surface area contributed by atoms with Gasteiger partial charge in [0.2, 0.25) is 0 Å². The highest BCUT2D eigenvalue weighted by Crippen LogP contribution is 2.29. The second-order valence-electron chi connectivity index (χ2n) is 10.1. The van der Waals surface area contributed by atoms with Crippen LogP contribution < -0.4 is 5.32 Å². The minimum atomic E-state index is 0.102. The van der Waals surface area contributed by atoms with Gasteiger partial charge in [-0.1, -0.05) is 37.5 Å². The van der Waals surface area contributed by atoms with Gasteiger partial charge in [0.15, 0.2) is 0 Å². The number of pyridine rings is 1. The van der Waals surface area contributed by atoms with Crippen molar-refractivity contribution < 1.29 is 4.79 Å². The van der Waals surface area contributed by atoms with Crippen molar-refractivity contribution in [2.45, 2.75) is 58.0 Å². The second kappa shape index (κ2) is 11.8. The Hall–Kier alpha value is -2.70. The van der Waals surface area contributed by atoms with E-state index in [0.29, 0.717) is 0 Å². The molecule has 35 heavy (non-hydrogen) atoms. The quantitative estimate of drug-likeness (QED) is 0.441. The number of benzene rings is 1. The summed E-state index contributed by atoms with van der Waals surface area (Å²) in [4.78, 5) is 22.0. The summed E-state index contributed by atoms with van der Waals surface area (Å²) in [6.07, 6.45) is 12.1. The summed E-state index contributed by atoms with van der Waals surface area (Å²) < 4.78 is 2.43. The molecular weight excluding hydrogens is 434 g/mol. The van der Waals surface area contributed by atoms with Gasteiger partial charge in [-0.15, -0.1) is 0 Å². The minimum Gasteiger partial charge on any atom is -0.352 e. The monoisotopic (exact) mass is 473 g/mol. The van der Waals surface area contributed by atoms with Crippen LogP contribution in [-0.2, 0) is 19.5 Å². The highest BCUT2D eigenvalue weighted by molar-refractivity contribution is 6.08. The van der Waals surface area contributed by atoms with Crippen LogP contribution in [0, 0.1) is 0 Å². The Kier molecular flexibility index (Phi) is 8.11. The molecule has 2 aliphatic rings. The molecule has 0 radical (unpaired) electrons. The maximum Gasteiger partial charge on any atom is 0.253 e. The van der Waals surface area contributed by atoms with Crippen molar-refractivity contribution in [3.63, 3.8) is 0 Å². The second-order valence-corrected chi connectivity index (χ2v) is 10.1. The summed E-state index contributed by atoms with van der Waals surface area (Å²) >= 11 is 0. The first-order valence-corrected chi connectivity index (χ1v) is 13.5. The summed E-state index contributed by atoms with van der Waals surface area (Å²) in [5, 5.41) is 4.19. The van der Waals surface area contributed by atoms with E-state index in [0.717, 1.165) is 56.5 Å². The molecule has 5 rings (SSSR count).